The highest BCUT2D eigenvalue weighted by molar-refractivity contribution is 6.07. The second-order valence-corrected chi connectivity index (χ2v) is 8.12. The summed E-state index contributed by atoms with van der Waals surface area (Å²) in [5.74, 6) is 0.169. The molecule has 0 N–H and O–H groups in total. The fourth-order valence-corrected chi connectivity index (χ4v) is 3.35. The molecule has 2 heterocycles. The quantitative estimate of drug-likeness (QED) is 0.865. The molecule has 0 unspecified atom stereocenters. The van der Waals surface area contributed by atoms with Crippen molar-refractivity contribution in [1.29, 1.82) is 0 Å². The number of piperazine rings is 1. The van der Waals surface area contributed by atoms with Crippen molar-refractivity contribution in [3.05, 3.63) is 36.0 Å². The maximum atomic E-state index is 12.9. The molecule has 2 aromatic rings. The maximum absolute atomic E-state index is 12.9. The zero-order valence-electron chi connectivity index (χ0n) is 15.4. The van der Waals surface area contributed by atoms with E-state index in [9.17, 15) is 4.79 Å². The molecule has 0 atom stereocenters. The summed E-state index contributed by atoms with van der Waals surface area (Å²) in [6, 6.07) is 8.13. The lowest BCUT2D eigenvalue weighted by Gasteiger charge is -2.36. The van der Waals surface area contributed by atoms with Gasteiger partial charge in [-0.3, -0.25) is 9.69 Å². The van der Waals surface area contributed by atoms with E-state index >= 15 is 0 Å². The normalized spacial score (nSPS) is 16.8. The first-order valence-corrected chi connectivity index (χ1v) is 8.91. The van der Waals surface area contributed by atoms with Crippen LogP contribution in [-0.4, -0.2) is 53.0 Å². The first-order valence-electron chi connectivity index (χ1n) is 8.91. The van der Waals surface area contributed by atoms with Crippen LogP contribution >= 0.6 is 0 Å². The number of hydrogen-bond acceptors (Lipinski definition) is 2. The molecule has 1 amide bonds. The van der Waals surface area contributed by atoms with Gasteiger partial charge in [-0.05, 0) is 24.4 Å². The summed E-state index contributed by atoms with van der Waals surface area (Å²) >= 11 is 0. The Balaban J connectivity index is 1.65. The number of nitrogens with zero attached hydrogens (tertiary/aromatic N) is 3. The third-order valence-electron chi connectivity index (χ3n) is 4.96. The summed E-state index contributed by atoms with van der Waals surface area (Å²) in [5.41, 5.74) is 2.32. The number of para-hydroxylation sites is 1. The molecular formula is C20H29N3O. The minimum atomic E-state index is 0.169. The Labute approximate surface area is 145 Å². The lowest BCUT2D eigenvalue weighted by molar-refractivity contribution is 0.0625. The Kier molecular flexibility index (Phi) is 4.68. The Morgan fingerprint density at radius 1 is 1.08 bits per heavy atom. The first kappa shape index (κ1) is 17.0. The summed E-state index contributed by atoms with van der Waals surface area (Å²) in [5, 5.41) is 1.06. The van der Waals surface area contributed by atoms with Crippen LogP contribution in [0.3, 0.4) is 0 Å². The largest absolute Gasteiger partial charge is 0.350 e. The third kappa shape index (κ3) is 3.64. The van der Waals surface area contributed by atoms with Crippen molar-refractivity contribution in [3.63, 3.8) is 0 Å². The molecule has 1 aliphatic heterocycles. The standard InChI is InChI=1S/C20H29N3O/c1-20(2,3)9-10-22-11-13-23(14-12-22)19(24)17-15-21(4)18-8-6-5-7-16(17)18/h5-8,15H,9-14H2,1-4H3. The molecule has 4 nitrogen and oxygen atoms in total. The van der Waals surface area contributed by atoms with Crippen molar-refractivity contribution in [2.24, 2.45) is 12.5 Å². The van der Waals surface area contributed by atoms with E-state index in [1.165, 1.54) is 6.42 Å². The number of aryl methyl sites for hydroxylation is 1. The van der Waals surface area contributed by atoms with E-state index in [-0.39, 0.29) is 5.91 Å². The summed E-state index contributed by atoms with van der Waals surface area (Å²) in [7, 11) is 2.00. The molecule has 0 saturated carbocycles. The molecule has 24 heavy (non-hydrogen) atoms. The highest BCUT2D eigenvalue weighted by Crippen LogP contribution is 2.23. The van der Waals surface area contributed by atoms with Crippen LogP contribution in [0, 0.1) is 5.41 Å². The van der Waals surface area contributed by atoms with E-state index in [1.54, 1.807) is 0 Å². The molecule has 130 valence electrons. The lowest BCUT2D eigenvalue weighted by Crippen LogP contribution is -2.49. The second kappa shape index (κ2) is 6.60. The van der Waals surface area contributed by atoms with Gasteiger partial charge in [0.1, 0.15) is 0 Å². The number of carbonyl (C=O) groups is 1. The SMILES string of the molecule is Cn1cc(C(=O)N2CCN(CCC(C)(C)C)CC2)c2ccccc21. The van der Waals surface area contributed by atoms with Gasteiger partial charge < -0.3 is 9.47 Å². The van der Waals surface area contributed by atoms with Gasteiger partial charge in [0.05, 0.1) is 5.56 Å². The highest BCUT2D eigenvalue weighted by Gasteiger charge is 2.25. The molecule has 1 aromatic heterocycles. The molecule has 0 bridgehead atoms. The zero-order chi connectivity index (χ0) is 17.3. The van der Waals surface area contributed by atoms with Gasteiger partial charge in [-0.25, -0.2) is 0 Å². The van der Waals surface area contributed by atoms with Crippen LogP contribution in [0.2, 0.25) is 0 Å². The number of rotatable bonds is 3. The molecule has 1 fully saturated rings. The lowest BCUT2D eigenvalue weighted by atomic mass is 9.92. The number of carbonyl (C=O) groups excluding carboxylic acids is 1. The van der Waals surface area contributed by atoms with Crippen molar-refractivity contribution in [2.75, 3.05) is 32.7 Å². The van der Waals surface area contributed by atoms with Crippen molar-refractivity contribution in [1.82, 2.24) is 14.4 Å². The average Bonchev–Trinajstić information content (AvgIpc) is 2.90. The van der Waals surface area contributed by atoms with Crippen molar-refractivity contribution >= 4 is 16.8 Å². The Bertz CT molecular complexity index is 718. The van der Waals surface area contributed by atoms with Gasteiger partial charge in [-0.2, -0.15) is 0 Å². The monoisotopic (exact) mass is 327 g/mol. The highest BCUT2D eigenvalue weighted by atomic mass is 16.2. The molecule has 0 radical (unpaired) electrons. The van der Waals surface area contributed by atoms with Crippen LogP contribution in [0.15, 0.2) is 30.5 Å². The van der Waals surface area contributed by atoms with Crippen LogP contribution in [0.25, 0.3) is 10.9 Å². The van der Waals surface area contributed by atoms with Gasteiger partial charge in [0.15, 0.2) is 0 Å². The maximum Gasteiger partial charge on any atom is 0.256 e. The van der Waals surface area contributed by atoms with Gasteiger partial charge in [0.2, 0.25) is 0 Å². The molecule has 1 saturated heterocycles. The molecule has 1 aromatic carbocycles. The summed E-state index contributed by atoms with van der Waals surface area (Å²) in [6.07, 6.45) is 3.17. The molecule has 1 aliphatic rings. The fourth-order valence-electron chi connectivity index (χ4n) is 3.35. The van der Waals surface area contributed by atoms with Gasteiger partial charge in [0, 0.05) is 50.3 Å². The Morgan fingerprint density at radius 2 is 1.75 bits per heavy atom. The van der Waals surface area contributed by atoms with Crippen molar-refractivity contribution < 1.29 is 4.79 Å². The van der Waals surface area contributed by atoms with E-state index in [0.29, 0.717) is 5.41 Å². The van der Waals surface area contributed by atoms with E-state index in [1.807, 2.05) is 40.9 Å². The minimum absolute atomic E-state index is 0.169. The number of fused-ring (bicyclic) bond motifs is 1. The predicted octanol–water partition coefficient (Wildman–Crippen LogP) is 3.37. The molecule has 0 aliphatic carbocycles. The smallest absolute Gasteiger partial charge is 0.256 e. The summed E-state index contributed by atoms with van der Waals surface area (Å²) < 4.78 is 2.04. The molecular weight excluding hydrogens is 298 g/mol. The van der Waals surface area contributed by atoms with Crippen LogP contribution < -0.4 is 0 Å². The summed E-state index contributed by atoms with van der Waals surface area (Å²) in [4.78, 5) is 17.4. The van der Waals surface area contributed by atoms with E-state index in [2.05, 4.69) is 31.7 Å². The van der Waals surface area contributed by atoms with Gasteiger partial charge >= 0.3 is 0 Å². The van der Waals surface area contributed by atoms with Gasteiger partial charge in [-0.1, -0.05) is 39.0 Å². The Hall–Kier alpha value is -1.81. The van der Waals surface area contributed by atoms with Crippen molar-refractivity contribution in [3.8, 4) is 0 Å². The second-order valence-electron chi connectivity index (χ2n) is 8.12. The molecule has 3 rings (SSSR count). The molecule has 4 heteroatoms. The van der Waals surface area contributed by atoms with Gasteiger partial charge in [-0.15, -0.1) is 0 Å². The summed E-state index contributed by atoms with van der Waals surface area (Å²) in [6.45, 7) is 11.6. The van der Waals surface area contributed by atoms with E-state index in [4.69, 9.17) is 0 Å². The fraction of sp³-hybridized carbons (Fsp3) is 0.550. The number of hydrogen-bond donors (Lipinski definition) is 0. The zero-order valence-corrected chi connectivity index (χ0v) is 15.4. The van der Waals surface area contributed by atoms with Crippen LogP contribution in [0.5, 0.6) is 0 Å². The first-order chi connectivity index (χ1) is 11.3. The van der Waals surface area contributed by atoms with E-state index in [0.717, 1.165) is 49.2 Å². The van der Waals surface area contributed by atoms with Crippen LogP contribution in [-0.2, 0) is 7.05 Å². The molecule has 0 spiro atoms. The average molecular weight is 327 g/mol. The number of aromatic nitrogens is 1. The van der Waals surface area contributed by atoms with Gasteiger partial charge in [0.25, 0.3) is 5.91 Å². The van der Waals surface area contributed by atoms with Crippen LogP contribution in [0.4, 0.5) is 0 Å². The Morgan fingerprint density at radius 3 is 2.42 bits per heavy atom. The topological polar surface area (TPSA) is 28.5 Å². The third-order valence-corrected chi connectivity index (χ3v) is 4.96. The van der Waals surface area contributed by atoms with Crippen molar-refractivity contribution in [2.45, 2.75) is 27.2 Å². The van der Waals surface area contributed by atoms with E-state index < -0.39 is 0 Å². The number of benzene rings is 1. The number of amides is 1. The predicted molar refractivity (Wildman–Crippen MR) is 99.3 cm³/mol. The van der Waals surface area contributed by atoms with Crippen LogP contribution in [0.1, 0.15) is 37.6 Å². The minimum Gasteiger partial charge on any atom is -0.350 e.